The van der Waals surface area contributed by atoms with E-state index in [9.17, 15) is 0 Å². The van der Waals surface area contributed by atoms with Crippen LogP contribution in [0.5, 0.6) is 5.75 Å². The summed E-state index contributed by atoms with van der Waals surface area (Å²) in [4.78, 5) is 2.59. The molecule has 4 nitrogen and oxygen atoms in total. The predicted octanol–water partition coefficient (Wildman–Crippen LogP) is 2.69. The molecule has 0 spiro atoms. The smallest absolute Gasteiger partial charge is 0.119 e. The number of rotatable bonds is 3. The molecule has 2 heterocycles. The number of nitrogens with zero attached hydrogens (tertiary/aromatic N) is 2. The summed E-state index contributed by atoms with van der Waals surface area (Å²) in [5.74, 6) is 0.931. The molecule has 0 bridgehead atoms. The number of fused-ring (bicyclic) bond motifs is 1. The van der Waals surface area contributed by atoms with Gasteiger partial charge < -0.3 is 14.0 Å². The van der Waals surface area contributed by atoms with Crippen molar-refractivity contribution < 1.29 is 9.47 Å². The summed E-state index contributed by atoms with van der Waals surface area (Å²) in [6, 6.07) is 9.93. The first kappa shape index (κ1) is 13.2. The summed E-state index contributed by atoms with van der Waals surface area (Å²) in [5.41, 5.74) is 1.32. The van der Waals surface area contributed by atoms with E-state index in [1.165, 1.54) is 23.7 Å². The van der Waals surface area contributed by atoms with Gasteiger partial charge in [-0.3, -0.25) is 4.90 Å². The number of hydrogen-bond acceptors (Lipinski definition) is 3. The van der Waals surface area contributed by atoms with Gasteiger partial charge in [-0.1, -0.05) is 0 Å². The normalized spacial score (nSPS) is 26.7. The Labute approximate surface area is 125 Å². The molecule has 0 unspecified atom stereocenters. The maximum atomic E-state index is 5.44. The first-order valence-corrected chi connectivity index (χ1v) is 7.81. The third-order valence-corrected chi connectivity index (χ3v) is 4.97. The molecule has 0 radical (unpaired) electrons. The number of hydrogen-bond donors (Lipinski definition) is 0. The molecule has 0 N–H and O–H groups in total. The molecule has 1 aromatic heterocycles. The molecule has 0 atom stereocenters. The lowest BCUT2D eigenvalue weighted by Crippen LogP contribution is -2.49. The lowest BCUT2D eigenvalue weighted by atomic mass is 9.85. The molecule has 1 aliphatic carbocycles. The highest BCUT2D eigenvalue weighted by molar-refractivity contribution is 5.81. The predicted molar refractivity (Wildman–Crippen MR) is 82.9 cm³/mol. The largest absolute Gasteiger partial charge is 0.497 e. The molecule has 4 heteroatoms. The zero-order valence-corrected chi connectivity index (χ0v) is 12.5. The highest BCUT2D eigenvalue weighted by Gasteiger charge is 2.35. The molecule has 21 heavy (non-hydrogen) atoms. The fourth-order valence-corrected chi connectivity index (χ4v) is 3.61. The van der Waals surface area contributed by atoms with Crippen LogP contribution in [0.4, 0.5) is 0 Å². The van der Waals surface area contributed by atoms with Gasteiger partial charge in [-0.25, -0.2) is 0 Å². The third-order valence-electron chi connectivity index (χ3n) is 4.97. The minimum Gasteiger partial charge on any atom is -0.497 e. The van der Waals surface area contributed by atoms with E-state index in [2.05, 4.69) is 39.9 Å². The van der Waals surface area contributed by atoms with E-state index in [1.807, 2.05) is 0 Å². The topological polar surface area (TPSA) is 26.6 Å². The van der Waals surface area contributed by atoms with E-state index in [-0.39, 0.29) is 0 Å². The summed E-state index contributed by atoms with van der Waals surface area (Å²) >= 11 is 0. The summed E-state index contributed by atoms with van der Waals surface area (Å²) in [6.45, 7) is 3.99. The minimum absolute atomic E-state index is 0.642. The SMILES string of the molecule is COc1ccc2c(ccn2C2CC(N3CCOCC3)C2)c1. The Hall–Kier alpha value is -1.52. The van der Waals surface area contributed by atoms with E-state index in [0.29, 0.717) is 6.04 Å². The molecule has 2 aromatic rings. The molecule has 0 amide bonds. The Balaban J connectivity index is 1.48. The van der Waals surface area contributed by atoms with Crippen molar-refractivity contribution in [2.24, 2.45) is 0 Å². The number of aromatic nitrogens is 1. The van der Waals surface area contributed by atoms with Gasteiger partial charge in [0.2, 0.25) is 0 Å². The highest BCUT2D eigenvalue weighted by atomic mass is 16.5. The Kier molecular flexibility index (Phi) is 3.36. The van der Waals surface area contributed by atoms with E-state index >= 15 is 0 Å². The van der Waals surface area contributed by atoms with Crippen LogP contribution < -0.4 is 4.74 Å². The van der Waals surface area contributed by atoms with Gasteiger partial charge in [0.1, 0.15) is 5.75 Å². The molecule has 2 fully saturated rings. The Morgan fingerprint density at radius 1 is 1.10 bits per heavy atom. The van der Waals surface area contributed by atoms with Gasteiger partial charge in [0, 0.05) is 42.3 Å². The van der Waals surface area contributed by atoms with Crippen LogP contribution in [-0.4, -0.2) is 48.9 Å². The fourth-order valence-electron chi connectivity index (χ4n) is 3.61. The summed E-state index contributed by atoms with van der Waals surface area (Å²) < 4.78 is 13.2. The van der Waals surface area contributed by atoms with Crippen molar-refractivity contribution in [1.29, 1.82) is 0 Å². The molecular weight excluding hydrogens is 264 g/mol. The maximum Gasteiger partial charge on any atom is 0.119 e. The van der Waals surface area contributed by atoms with Gasteiger partial charge in [-0.15, -0.1) is 0 Å². The molecular formula is C17H22N2O2. The van der Waals surface area contributed by atoms with Crippen molar-refractivity contribution in [3.05, 3.63) is 30.5 Å². The van der Waals surface area contributed by atoms with Crippen LogP contribution in [0.15, 0.2) is 30.5 Å². The number of methoxy groups -OCH3 is 1. The summed E-state index contributed by atoms with van der Waals surface area (Å²) in [5, 5.41) is 1.27. The van der Waals surface area contributed by atoms with Crippen LogP contribution >= 0.6 is 0 Å². The van der Waals surface area contributed by atoms with Gasteiger partial charge in [0.05, 0.1) is 20.3 Å². The van der Waals surface area contributed by atoms with Crippen molar-refractivity contribution in [3.8, 4) is 5.75 Å². The third kappa shape index (κ3) is 2.32. The Morgan fingerprint density at radius 3 is 2.67 bits per heavy atom. The Morgan fingerprint density at radius 2 is 1.90 bits per heavy atom. The second-order valence-electron chi connectivity index (χ2n) is 6.08. The second-order valence-corrected chi connectivity index (χ2v) is 6.08. The molecule has 2 aliphatic rings. The zero-order valence-electron chi connectivity index (χ0n) is 12.5. The van der Waals surface area contributed by atoms with E-state index in [1.54, 1.807) is 7.11 Å². The number of morpholine rings is 1. The molecule has 1 saturated carbocycles. The highest BCUT2D eigenvalue weighted by Crippen LogP contribution is 2.38. The molecule has 4 rings (SSSR count). The lowest BCUT2D eigenvalue weighted by Gasteiger charge is -2.45. The average Bonchev–Trinajstić information content (AvgIpc) is 2.90. The van der Waals surface area contributed by atoms with Crippen LogP contribution in [0.25, 0.3) is 10.9 Å². The van der Waals surface area contributed by atoms with Gasteiger partial charge in [-0.05, 0) is 37.1 Å². The summed E-state index contributed by atoms with van der Waals surface area (Å²) in [7, 11) is 1.72. The fraction of sp³-hybridized carbons (Fsp3) is 0.529. The molecule has 112 valence electrons. The van der Waals surface area contributed by atoms with Crippen molar-refractivity contribution in [2.75, 3.05) is 33.4 Å². The van der Waals surface area contributed by atoms with E-state index in [0.717, 1.165) is 38.1 Å². The monoisotopic (exact) mass is 286 g/mol. The maximum absolute atomic E-state index is 5.44. The standard InChI is InChI=1S/C17H22N2O2/c1-20-16-2-3-17-13(10-16)4-5-19(17)15-11-14(12-15)18-6-8-21-9-7-18/h2-5,10,14-15H,6-9,11-12H2,1H3. The van der Waals surface area contributed by atoms with Gasteiger partial charge in [-0.2, -0.15) is 0 Å². The van der Waals surface area contributed by atoms with Gasteiger partial charge in [0.15, 0.2) is 0 Å². The van der Waals surface area contributed by atoms with E-state index in [4.69, 9.17) is 9.47 Å². The van der Waals surface area contributed by atoms with Crippen molar-refractivity contribution >= 4 is 10.9 Å². The van der Waals surface area contributed by atoms with Crippen LogP contribution in [0.1, 0.15) is 18.9 Å². The number of benzene rings is 1. The van der Waals surface area contributed by atoms with Crippen molar-refractivity contribution in [1.82, 2.24) is 9.47 Å². The molecule has 1 aliphatic heterocycles. The van der Waals surface area contributed by atoms with Crippen molar-refractivity contribution in [2.45, 2.75) is 24.9 Å². The average molecular weight is 286 g/mol. The lowest BCUT2D eigenvalue weighted by molar-refractivity contribution is -0.0141. The van der Waals surface area contributed by atoms with Gasteiger partial charge in [0.25, 0.3) is 0 Å². The first-order chi connectivity index (χ1) is 10.3. The van der Waals surface area contributed by atoms with Crippen LogP contribution in [0.3, 0.4) is 0 Å². The minimum atomic E-state index is 0.642. The van der Waals surface area contributed by atoms with Gasteiger partial charge >= 0.3 is 0 Å². The Bertz CT molecular complexity index is 625. The van der Waals surface area contributed by atoms with Crippen LogP contribution in [0.2, 0.25) is 0 Å². The van der Waals surface area contributed by atoms with Crippen LogP contribution in [0, 0.1) is 0 Å². The summed E-state index contributed by atoms with van der Waals surface area (Å²) in [6.07, 6.45) is 4.75. The van der Waals surface area contributed by atoms with Crippen LogP contribution in [-0.2, 0) is 4.74 Å². The zero-order chi connectivity index (χ0) is 14.2. The van der Waals surface area contributed by atoms with E-state index < -0.39 is 0 Å². The molecule has 1 aromatic carbocycles. The second kappa shape index (κ2) is 5.35. The number of ether oxygens (including phenoxy) is 2. The molecule has 1 saturated heterocycles. The quantitative estimate of drug-likeness (QED) is 0.868. The first-order valence-electron chi connectivity index (χ1n) is 7.81. The van der Waals surface area contributed by atoms with Crippen molar-refractivity contribution in [3.63, 3.8) is 0 Å².